The third-order valence-electron chi connectivity index (χ3n) is 4.70. The zero-order chi connectivity index (χ0) is 19.9. The van der Waals surface area contributed by atoms with Crippen LogP contribution in [0, 0.1) is 0 Å². The molecule has 1 aliphatic rings. The van der Waals surface area contributed by atoms with Gasteiger partial charge in [0.05, 0.1) is 32.6 Å². The number of hydrogen-bond donors (Lipinski definition) is 1. The van der Waals surface area contributed by atoms with Crippen LogP contribution < -0.4 is 9.47 Å². The van der Waals surface area contributed by atoms with Crippen LogP contribution in [0.5, 0.6) is 11.5 Å². The molecule has 8 heteroatoms. The highest BCUT2D eigenvalue weighted by Gasteiger charge is 2.20. The lowest BCUT2D eigenvalue weighted by atomic mass is 10.1. The van der Waals surface area contributed by atoms with Gasteiger partial charge in [0.1, 0.15) is 6.10 Å². The third-order valence-corrected chi connectivity index (χ3v) is 4.70. The van der Waals surface area contributed by atoms with E-state index in [-0.39, 0.29) is 6.10 Å². The number of benzene rings is 1. The van der Waals surface area contributed by atoms with Crippen LogP contribution in [0.4, 0.5) is 4.79 Å². The van der Waals surface area contributed by atoms with E-state index in [0.717, 1.165) is 24.1 Å². The molecule has 1 saturated heterocycles. The number of carboxylic acid groups (broad SMARTS) is 1. The van der Waals surface area contributed by atoms with E-state index >= 15 is 0 Å². The highest BCUT2D eigenvalue weighted by molar-refractivity contribution is 5.65. The molecule has 3 rings (SSSR count). The molecule has 28 heavy (non-hydrogen) atoms. The second kappa shape index (κ2) is 9.45. The largest absolute Gasteiger partial charge is 0.493 e. The van der Waals surface area contributed by atoms with Crippen molar-refractivity contribution >= 4 is 6.09 Å². The van der Waals surface area contributed by atoms with E-state index in [1.165, 1.54) is 4.90 Å². The number of methoxy groups -OCH3 is 1. The minimum absolute atomic E-state index is 0.0206. The van der Waals surface area contributed by atoms with Crippen LogP contribution in [0.25, 0.3) is 11.3 Å². The van der Waals surface area contributed by atoms with E-state index in [1.54, 1.807) is 13.3 Å². The molecular formula is C20H27N3O5. The maximum Gasteiger partial charge on any atom is 0.407 e. The van der Waals surface area contributed by atoms with E-state index in [0.29, 0.717) is 44.3 Å². The molecule has 1 aromatic carbocycles. The van der Waals surface area contributed by atoms with E-state index in [2.05, 4.69) is 5.10 Å². The van der Waals surface area contributed by atoms with Crippen molar-refractivity contribution in [2.24, 2.45) is 0 Å². The highest BCUT2D eigenvalue weighted by Crippen LogP contribution is 2.34. The summed E-state index contributed by atoms with van der Waals surface area (Å²) in [5.74, 6) is 1.34. The van der Waals surface area contributed by atoms with Crippen LogP contribution >= 0.6 is 0 Å². The summed E-state index contributed by atoms with van der Waals surface area (Å²) in [6, 6.07) is 7.67. The molecule has 8 nitrogen and oxygen atoms in total. The van der Waals surface area contributed by atoms with Crippen molar-refractivity contribution in [2.75, 3.05) is 33.4 Å². The first kappa shape index (κ1) is 20.0. The predicted octanol–water partition coefficient (Wildman–Crippen LogP) is 3.12. The SMILES string of the molecule is CCCN(CCn1nccc1-c1ccc(OC)c(O[C@@H]2CCOC2)c1)C(=O)O. The number of amides is 1. The molecule has 0 saturated carbocycles. The fraction of sp³-hybridized carbons (Fsp3) is 0.500. The van der Waals surface area contributed by atoms with Gasteiger partial charge >= 0.3 is 6.09 Å². The van der Waals surface area contributed by atoms with Gasteiger partial charge in [0.25, 0.3) is 0 Å². The Kier molecular flexibility index (Phi) is 6.76. The highest BCUT2D eigenvalue weighted by atomic mass is 16.6. The fourth-order valence-corrected chi connectivity index (χ4v) is 3.26. The van der Waals surface area contributed by atoms with E-state index < -0.39 is 6.09 Å². The van der Waals surface area contributed by atoms with Crippen LogP contribution in [-0.4, -0.2) is 65.4 Å². The number of ether oxygens (including phenoxy) is 3. The van der Waals surface area contributed by atoms with Gasteiger partial charge in [-0.15, -0.1) is 0 Å². The molecule has 1 amide bonds. The first-order valence-electron chi connectivity index (χ1n) is 9.55. The molecular weight excluding hydrogens is 362 g/mol. The Hall–Kier alpha value is -2.74. The van der Waals surface area contributed by atoms with Crippen molar-refractivity contribution in [2.45, 2.75) is 32.4 Å². The van der Waals surface area contributed by atoms with Crippen LogP contribution in [0.3, 0.4) is 0 Å². The molecule has 0 aliphatic carbocycles. The number of hydrogen-bond acceptors (Lipinski definition) is 5. The fourth-order valence-electron chi connectivity index (χ4n) is 3.26. The van der Waals surface area contributed by atoms with Gasteiger partial charge in [0.15, 0.2) is 11.5 Å². The molecule has 1 fully saturated rings. The molecule has 0 unspecified atom stereocenters. The van der Waals surface area contributed by atoms with Crippen molar-refractivity contribution in [3.05, 3.63) is 30.5 Å². The number of aromatic nitrogens is 2. The lowest BCUT2D eigenvalue weighted by Gasteiger charge is -2.19. The number of rotatable bonds is 9. The van der Waals surface area contributed by atoms with Crippen molar-refractivity contribution < 1.29 is 24.1 Å². The van der Waals surface area contributed by atoms with Gasteiger partial charge in [-0.2, -0.15) is 5.10 Å². The van der Waals surface area contributed by atoms with Gasteiger partial charge in [-0.05, 0) is 30.7 Å². The maximum atomic E-state index is 11.3. The third kappa shape index (κ3) is 4.75. The second-order valence-corrected chi connectivity index (χ2v) is 6.68. The summed E-state index contributed by atoms with van der Waals surface area (Å²) in [5, 5.41) is 13.7. The zero-order valence-corrected chi connectivity index (χ0v) is 16.3. The van der Waals surface area contributed by atoms with Crippen molar-refractivity contribution in [3.63, 3.8) is 0 Å². The first-order chi connectivity index (χ1) is 13.6. The van der Waals surface area contributed by atoms with Crippen molar-refractivity contribution in [1.82, 2.24) is 14.7 Å². The molecule has 0 spiro atoms. The minimum atomic E-state index is -0.908. The Morgan fingerprint density at radius 1 is 1.36 bits per heavy atom. The zero-order valence-electron chi connectivity index (χ0n) is 16.3. The first-order valence-corrected chi connectivity index (χ1v) is 9.55. The van der Waals surface area contributed by atoms with Gasteiger partial charge in [0.2, 0.25) is 0 Å². The lowest BCUT2D eigenvalue weighted by Crippen LogP contribution is -2.33. The van der Waals surface area contributed by atoms with Crippen LogP contribution in [0.2, 0.25) is 0 Å². The molecule has 1 aliphatic heterocycles. The summed E-state index contributed by atoms with van der Waals surface area (Å²) in [7, 11) is 1.62. The summed E-state index contributed by atoms with van der Waals surface area (Å²) >= 11 is 0. The topological polar surface area (TPSA) is 86.0 Å². The summed E-state index contributed by atoms with van der Waals surface area (Å²) in [6.07, 6.45) is 2.47. The molecule has 2 heterocycles. The Balaban J connectivity index is 1.78. The Morgan fingerprint density at radius 3 is 2.89 bits per heavy atom. The van der Waals surface area contributed by atoms with Crippen molar-refractivity contribution in [1.29, 1.82) is 0 Å². The Labute approximate surface area is 164 Å². The summed E-state index contributed by atoms with van der Waals surface area (Å²) in [6.45, 7) is 4.62. The standard InChI is InChI=1S/C20H27N3O5/c1-3-9-22(20(24)25)10-11-23-17(6-8-21-23)15-4-5-18(26-2)19(13-15)28-16-7-12-27-14-16/h4-6,8,13,16H,3,7,9-12,14H2,1-2H3,(H,24,25)/t16-/m1/s1. The Bertz CT molecular complexity index is 786. The van der Waals surface area contributed by atoms with Crippen LogP contribution in [-0.2, 0) is 11.3 Å². The molecule has 2 aromatic rings. The smallest absolute Gasteiger partial charge is 0.407 e. The number of nitrogens with zero attached hydrogens (tertiary/aromatic N) is 3. The normalized spacial score (nSPS) is 16.1. The molecule has 1 N–H and O–H groups in total. The second-order valence-electron chi connectivity index (χ2n) is 6.68. The van der Waals surface area contributed by atoms with Crippen molar-refractivity contribution in [3.8, 4) is 22.8 Å². The molecule has 1 atom stereocenters. The van der Waals surface area contributed by atoms with E-state index in [1.807, 2.05) is 35.9 Å². The lowest BCUT2D eigenvalue weighted by molar-refractivity contribution is 0.138. The molecule has 0 bridgehead atoms. The van der Waals surface area contributed by atoms with Gasteiger partial charge in [-0.3, -0.25) is 4.68 Å². The Morgan fingerprint density at radius 2 is 2.21 bits per heavy atom. The monoisotopic (exact) mass is 389 g/mol. The summed E-state index contributed by atoms with van der Waals surface area (Å²) in [5.41, 5.74) is 1.83. The van der Waals surface area contributed by atoms with Crippen LogP contribution in [0.1, 0.15) is 19.8 Å². The maximum absolute atomic E-state index is 11.3. The molecule has 1 aromatic heterocycles. The quantitative estimate of drug-likeness (QED) is 0.709. The molecule has 152 valence electrons. The summed E-state index contributed by atoms with van der Waals surface area (Å²) < 4.78 is 18.7. The summed E-state index contributed by atoms with van der Waals surface area (Å²) in [4.78, 5) is 12.8. The van der Waals surface area contributed by atoms with Gasteiger partial charge in [-0.25, -0.2) is 4.79 Å². The molecule has 0 radical (unpaired) electrons. The van der Waals surface area contributed by atoms with Gasteiger partial charge in [-0.1, -0.05) is 6.92 Å². The predicted molar refractivity (Wildman–Crippen MR) is 104 cm³/mol. The minimum Gasteiger partial charge on any atom is -0.493 e. The average molecular weight is 389 g/mol. The van der Waals surface area contributed by atoms with Crippen LogP contribution in [0.15, 0.2) is 30.5 Å². The number of carbonyl (C=O) groups is 1. The van der Waals surface area contributed by atoms with E-state index in [4.69, 9.17) is 14.2 Å². The van der Waals surface area contributed by atoms with Gasteiger partial charge in [0, 0.05) is 31.3 Å². The average Bonchev–Trinajstić information content (AvgIpc) is 3.36. The van der Waals surface area contributed by atoms with E-state index in [9.17, 15) is 9.90 Å². The van der Waals surface area contributed by atoms with Gasteiger partial charge < -0.3 is 24.2 Å².